The summed E-state index contributed by atoms with van der Waals surface area (Å²) in [6.45, 7) is 2.54. The van der Waals surface area contributed by atoms with Crippen molar-refractivity contribution in [1.82, 2.24) is 10.2 Å². The largest absolute Gasteiger partial charge is 0.460 e. The van der Waals surface area contributed by atoms with Gasteiger partial charge in [0, 0.05) is 15.7 Å². The number of aromatic amines is 1. The van der Waals surface area contributed by atoms with Crippen LogP contribution in [0.15, 0.2) is 40.9 Å². The van der Waals surface area contributed by atoms with Crippen LogP contribution < -0.4 is 5.32 Å². The van der Waals surface area contributed by atoms with Crippen molar-refractivity contribution in [3.8, 4) is 11.5 Å². The molecule has 1 aromatic carbocycles. The first-order valence-electron chi connectivity index (χ1n) is 6.41. The number of H-pyrrole nitrogens is 1. The lowest BCUT2D eigenvalue weighted by atomic mass is 10.2. The van der Waals surface area contributed by atoms with Gasteiger partial charge in [0.2, 0.25) is 0 Å². The Morgan fingerprint density at radius 3 is 2.90 bits per heavy atom. The first kappa shape index (κ1) is 14.5. The number of aromatic nitrogens is 2. The summed E-state index contributed by atoms with van der Waals surface area (Å²) in [4.78, 5) is 0. The third-order valence-corrected chi connectivity index (χ3v) is 4.09. The molecule has 0 amide bonds. The van der Waals surface area contributed by atoms with Crippen molar-refractivity contribution in [3.63, 3.8) is 0 Å². The minimum Gasteiger partial charge on any atom is -0.460 e. The lowest BCUT2D eigenvalue weighted by Gasteiger charge is -2.08. The summed E-state index contributed by atoms with van der Waals surface area (Å²) in [5, 5.41) is 11.1. The number of nitrogens with one attached hydrogen (secondary N) is 2. The molecule has 0 unspecified atom stereocenters. The Kier molecular flexibility index (Phi) is 4.21. The van der Waals surface area contributed by atoms with E-state index in [1.165, 1.54) is 0 Å². The van der Waals surface area contributed by atoms with Crippen LogP contribution in [-0.2, 0) is 6.54 Å². The number of hydrogen-bond donors (Lipinski definition) is 2. The highest BCUT2D eigenvalue weighted by Gasteiger charge is 2.11. The summed E-state index contributed by atoms with van der Waals surface area (Å²) in [5.74, 6) is 1.66. The monoisotopic (exact) mass is 413 g/mol. The van der Waals surface area contributed by atoms with Crippen molar-refractivity contribution in [1.29, 1.82) is 0 Å². The molecule has 0 atom stereocenters. The topological polar surface area (TPSA) is 53.9 Å². The number of nitrogens with zero attached hydrogens (tertiary/aromatic N) is 1. The van der Waals surface area contributed by atoms with Crippen LogP contribution in [0.5, 0.6) is 0 Å². The zero-order chi connectivity index (χ0) is 14.8. The number of furan rings is 1. The molecule has 108 valence electrons. The van der Waals surface area contributed by atoms with Crippen molar-refractivity contribution < 1.29 is 4.42 Å². The van der Waals surface area contributed by atoms with Crippen LogP contribution in [0.1, 0.15) is 11.3 Å². The van der Waals surface area contributed by atoms with Crippen molar-refractivity contribution in [2.24, 2.45) is 0 Å². The maximum absolute atomic E-state index is 6.22. The molecule has 0 aliphatic carbocycles. The van der Waals surface area contributed by atoms with E-state index in [-0.39, 0.29) is 0 Å². The molecule has 0 spiro atoms. The molecule has 0 fully saturated rings. The Bertz CT molecular complexity index is 766. The number of anilines is 1. The SMILES string of the molecule is Cc1ccc(-c2[nH]ncc2CNc2ccc(I)cc2Cl)o1. The molecular weight excluding hydrogens is 401 g/mol. The molecule has 3 rings (SSSR count). The van der Waals surface area contributed by atoms with Gasteiger partial charge in [0.15, 0.2) is 5.76 Å². The highest BCUT2D eigenvalue weighted by atomic mass is 127. The predicted molar refractivity (Wildman–Crippen MR) is 92.5 cm³/mol. The molecule has 0 aliphatic heterocycles. The number of halogens is 2. The van der Waals surface area contributed by atoms with E-state index in [9.17, 15) is 0 Å². The van der Waals surface area contributed by atoms with Gasteiger partial charge < -0.3 is 9.73 Å². The Morgan fingerprint density at radius 2 is 2.19 bits per heavy atom. The van der Waals surface area contributed by atoms with Crippen molar-refractivity contribution >= 4 is 39.9 Å². The maximum Gasteiger partial charge on any atom is 0.152 e. The molecule has 0 aliphatic rings. The van der Waals surface area contributed by atoms with Crippen LogP contribution in [0.25, 0.3) is 11.5 Å². The van der Waals surface area contributed by atoms with Gasteiger partial charge in [-0.05, 0) is 59.8 Å². The van der Waals surface area contributed by atoms with Crippen LogP contribution in [0.4, 0.5) is 5.69 Å². The first-order chi connectivity index (χ1) is 10.1. The van der Waals surface area contributed by atoms with E-state index in [0.29, 0.717) is 11.6 Å². The molecule has 0 saturated heterocycles. The van der Waals surface area contributed by atoms with Gasteiger partial charge in [-0.3, -0.25) is 5.10 Å². The molecule has 3 aromatic rings. The van der Waals surface area contributed by atoms with E-state index in [1.807, 2.05) is 37.3 Å². The first-order valence-corrected chi connectivity index (χ1v) is 7.87. The second-order valence-electron chi connectivity index (χ2n) is 4.66. The van der Waals surface area contributed by atoms with Gasteiger partial charge in [-0.25, -0.2) is 0 Å². The second-order valence-corrected chi connectivity index (χ2v) is 6.31. The van der Waals surface area contributed by atoms with Gasteiger partial charge >= 0.3 is 0 Å². The zero-order valence-corrected chi connectivity index (χ0v) is 14.2. The summed E-state index contributed by atoms with van der Waals surface area (Å²) in [7, 11) is 0. The molecule has 21 heavy (non-hydrogen) atoms. The Labute approximate surface area is 141 Å². The van der Waals surface area contributed by atoms with Crippen LogP contribution in [0.3, 0.4) is 0 Å². The Morgan fingerprint density at radius 1 is 1.33 bits per heavy atom. The lowest BCUT2D eigenvalue weighted by molar-refractivity contribution is 0.545. The van der Waals surface area contributed by atoms with Gasteiger partial charge in [-0.2, -0.15) is 5.10 Å². The normalized spacial score (nSPS) is 10.8. The van der Waals surface area contributed by atoms with E-state index < -0.39 is 0 Å². The molecule has 2 heterocycles. The molecule has 4 nitrogen and oxygen atoms in total. The van der Waals surface area contributed by atoms with E-state index in [2.05, 4.69) is 38.1 Å². The Hall–Kier alpha value is -1.47. The summed E-state index contributed by atoms with van der Waals surface area (Å²) in [5.41, 5.74) is 2.82. The molecule has 0 bridgehead atoms. The molecule has 6 heteroatoms. The number of rotatable bonds is 4. The fraction of sp³-hybridized carbons (Fsp3) is 0.133. The van der Waals surface area contributed by atoms with Crippen LogP contribution in [0.2, 0.25) is 5.02 Å². The summed E-state index contributed by atoms with van der Waals surface area (Å²) in [6.07, 6.45) is 1.79. The minimum atomic E-state index is 0.617. The fourth-order valence-electron chi connectivity index (χ4n) is 2.05. The highest BCUT2D eigenvalue weighted by molar-refractivity contribution is 14.1. The van der Waals surface area contributed by atoms with Gasteiger partial charge in [0.25, 0.3) is 0 Å². The standard InChI is InChI=1S/C15H13ClIN3O/c1-9-2-5-14(21-9)15-10(8-19-20-15)7-18-13-4-3-11(17)6-12(13)16/h2-6,8,18H,7H2,1H3,(H,19,20). The third kappa shape index (κ3) is 3.24. The van der Waals surface area contributed by atoms with Gasteiger partial charge in [0.05, 0.1) is 16.9 Å². The average Bonchev–Trinajstić information content (AvgIpc) is 3.06. The zero-order valence-electron chi connectivity index (χ0n) is 11.3. The number of hydrogen-bond acceptors (Lipinski definition) is 3. The summed E-state index contributed by atoms with van der Waals surface area (Å²) >= 11 is 8.46. The van der Waals surface area contributed by atoms with E-state index in [4.69, 9.17) is 16.0 Å². The molecule has 2 aromatic heterocycles. The number of benzene rings is 1. The quantitative estimate of drug-likeness (QED) is 0.601. The smallest absolute Gasteiger partial charge is 0.152 e. The predicted octanol–water partition coefficient (Wildman–Crippen LogP) is 4.85. The van der Waals surface area contributed by atoms with Crippen molar-refractivity contribution in [2.75, 3.05) is 5.32 Å². The second kappa shape index (κ2) is 6.11. The van der Waals surface area contributed by atoms with E-state index in [1.54, 1.807) is 6.20 Å². The van der Waals surface area contributed by atoms with Crippen LogP contribution in [-0.4, -0.2) is 10.2 Å². The lowest BCUT2D eigenvalue weighted by Crippen LogP contribution is -2.00. The summed E-state index contributed by atoms with van der Waals surface area (Å²) in [6, 6.07) is 9.78. The van der Waals surface area contributed by atoms with Crippen molar-refractivity contribution in [3.05, 3.63) is 56.4 Å². The molecular formula is C15H13ClIN3O. The average molecular weight is 414 g/mol. The fourth-order valence-corrected chi connectivity index (χ4v) is 2.97. The van der Waals surface area contributed by atoms with E-state index >= 15 is 0 Å². The van der Waals surface area contributed by atoms with Crippen LogP contribution >= 0.6 is 34.2 Å². The van der Waals surface area contributed by atoms with Gasteiger partial charge in [-0.15, -0.1) is 0 Å². The summed E-state index contributed by atoms with van der Waals surface area (Å²) < 4.78 is 6.74. The van der Waals surface area contributed by atoms with E-state index in [0.717, 1.165) is 32.0 Å². The van der Waals surface area contributed by atoms with Crippen LogP contribution in [0, 0.1) is 10.5 Å². The third-order valence-electron chi connectivity index (χ3n) is 3.11. The number of aryl methyl sites for hydroxylation is 1. The minimum absolute atomic E-state index is 0.617. The van der Waals surface area contributed by atoms with Gasteiger partial charge in [0.1, 0.15) is 11.5 Å². The maximum atomic E-state index is 6.22. The van der Waals surface area contributed by atoms with Crippen molar-refractivity contribution in [2.45, 2.75) is 13.5 Å². The molecule has 2 N–H and O–H groups in total. The highest BCUT2D eigenvalue weighted by Crippen LogP contribution is 2.27. The molecule has 0 radical (unpaired) electrons. The van der Waals surface area contributed by atoms with Gasteiger partial charge in [-0.1, -0.05) is 11.6 Å². The Balaban J connectivity index is 1.79. The molecule has 0 saturated carbocycles.